The van der Waals surface area contributed by atoms with E-state index in [1.54, 1.807) is 24.3 Å². The molecule has 0 aromatic heterocycles. The van der Waals surface area contributed by atoms with Crippen molar-refractivity contribution in [1.82, 2.24) is 0 Å². The zero-order valence-electron chi connectivity index (χ0n) is 9.47. The Morgan fingerprint density at radius 3 is 1.94 bits per heavy atom. The summed E-state index contributed by atoms with van der Waals surface area (Å²) in [6.07, 6.45) is 0. The molecule has 1 atom stereocenters. The number of alkyl halides is 1. The summed E-state index contributed by atoms with van der Waals surface area (Å²) in [7, 11) is 0. The topological polar surface area (TPSA) is 28.1 Å². The van der Waals surface area contributed by atoms with Gasteiger partial charge in [0, 0.05) is 0 Å². The van der Waals surface area contributed by atoms with Crippen LogP contribution < -0.4 is 0 Å². The number of benzene rings is 2. The third kappa shape index (κ3) is 2.51. The van der Waals surface area contributed by atoms with Crippen LogP contribution in [0.4, 0.5) is 5.69 Å². The molecule has 0 fully saturated rings. The van der Waals surface area contributed by atoms with Gasteiger partial charge in [0.2, 0.25) is 0 Å². The van der Waals surface area contributed by atoms with Crippen molar-refractivity contribution in [3.8, 4) is 6.07 Å². The van der Waals surface area contributed by atoms with Gasteiger partial charge in [0.05, 0.1) is 23.6 Å². The molecular formula is C15H9ClN2. The molecule has 2 nitrogen and oxygen atoms in total. The van der Waals surface area contributed by atoms with Crippen molar-refractivity contribution in [3.05, 3.63) is 76.6 Å². The fraction of sp³-hybridized carbons (Fsp3) is 0.0667. The third-order valence-electron chi connectivity index (χ3n) is 2.65. The first-order valence-electron chi connectivity index (χ1n) is 5.36. The first-order valence-corrected chi connectivity index (χ1v) is 5.80. The van der Waals surface area contributed by atoms with Crippen LogP contribution >= 0.6 is 11.6 Å². The quantitative estimate of drug-likeness (QED) is 0.574. The average molecular weight is 253 g/mol. The van der Waals surface area contributed by atoms with E-state index in [2.05, 4.69) is 10.9 Å². The number of hydrogen-bond donors (Lipinski definition) is 0. The predicted octanol–water partition coefficient (Wildman–Crippen LogP) is 4.44. The van der Waals surface area contributed by atoms with Crippen molar-refractivity contribution >= 4 is 17.3 Å². The van der Waals surface area contributed by atoms with Gasteiger partial charge in [0.25, 0.3) is 0 Å². The lowest BCUT2D eigenvalue weighted by Gasteiger charge is -2.10. The summed E-state index contributed by atoms with van der Waals surface area (Å²) in [6, 6.07) is 16.5. The molecule has 0 aliphatic carbocycles. The molecule has 0 aliphatic rings. The lowest BCUT2D eigenvalue weighted by atomic mass is 10.0. The minimum atomic E-state index is -0.266. The second-order valence-corrected chi connectivity index (χ2v) is 4.24. The van der Waals surface area contributed by atoms with Crippen LogP contribution in [0.1, 0.15) is 22.1 Å². The molecule has 2 rings (SSSR count). The highest BCUT2D eigenvalue weighted by atomic mass is 35.5. The van der Waals surface area contributed by atoms with Crippen molar-refractivity contribution in [1.29, 1.82) is 5.26 Å². The van der Waals surface area contributed by atoms with Crippen LogP contribution in [0.2, 0.25) is 0 Å². The van der Waals surface area contributed by atoms with Crippen molar-refractivity contribution in [3.63, 3.8) is 0 Å². The standard InChI is InChI=1S/C15H9ClN2/c1-18-14-8-6-13(7-9-14)15(16)12-4-2-11(10-17)3-5-12/h2-9,15H. The summed E-state index contributed by atoms with van der Waals surface area (Å²) in [5, 5.41) is 8.46. The highest BCUT2D eigenvalue weighted by molar-refractivity contribution is 6.22. The van der Waals surface area contributed by atoms with Crippen LogP contribution in [0.25, 0.3) is 4.85 Å². The van der Waals surface area contributed by atoms with Crippen LogP contribution in [0.15, 0.2) is 48.5 Å². The van der Waals surface area contributed by atoms with E-state index < -0.39 is 0 Å². The molecule has 18 heavy (non-hydrogen) atoms. The number of halogens is 1. The van der Waals surface area contributed by atoms with Crippen molar-refractivity contribution in [2.24, 2.45) is 0 Å². The Morgan fingerprint density at radius 2 is 1.50 bits per heavy atom. The zero-order valence-corrected chi connectivity index (χ0v) is 10.2. The summed E-state index contributed by atoms with van der Waals surface area (Å²) < 4.78 is 0. The van der Waals surface area contributed by atoms with Gasteiger partial charge in [-0.3, -0.25) is 0 Å². The monoisotopic (exact) mass is 252 g/mol. The van der Waals surface area contributed by atoms with Crippen molar-refractivity contribution in [2.45, 2.75) is 5.38 Å². The van der Waals surface area contributed by atoms with E-state index in [1.807, 2.05) is 24.3 Å². The van der Waals surface area contributed by atoms with Crippen LogP contribution in [-0.2, 0) is 0 Å². The minimum Gasteiger partial charge on any atom is -0.238 e. The van der Waals surface area contributed by atoms with Gasteiger partial charge in [0.15, 0.2) is 5.69 Å². The minimum absolute atomic E-state index is 0.266. The van der Waals surface area contributed by atoms with E-state index in [0.717, 1.165) is 11.1 Å². The SMILES string of the molecule is [C-]#[N+]c1ccc(C(Cl)c2ccc(C#N)cc2)cc1. The van der Waals surface area contributed by atoms with E-state index in [0.29, 0.717) is 11.3 Å². The van der Waals surface area contributed by atoms with Crippen LogP contribution in [0.3, 0.4) is 0 Å². The molecule has 86 valence electrons. The van der Waals surface area contributed by atoms with Gasteiger partial charge in [0.1, 0.15) is 0 Å². The zero-order chi connectivity index (χ0) is 13.0. The Morgan fingerprint density at radius 1 is 1.00 bits per heavy atom. The Balaban J connectivity index is 2.27. The molecule has 0 N–H and O–H groups in total. The number of rotatable bonds is 2. The third-order valence-corrected chi connectivity index (χ3v) is 3.15. The summed E-state index contributed by atoms with van der Waals surface area (Å²) in [4.78, 5) is 3.34. The molecule has 2 aromatic carbocycles. The molecule has 0 aliphatic heterocycles. The first kappa shape index (κ1) is 12.2. The molecule has 0 radical (unpaired) electrons. The summed E-state index contributed by atoms with van der Waals surface area (Å²) >= 11 is 6.36. The van der Waals surface area contributed by atoms with Crippen molar-refractivity contribution < 1.29 is 0 Å². The summed E-state index contributed by atoms with van der Waals surface area (Å²) in [5.41, 5.74) is 3.09. The Hall–Kier alpha value is -2.29. The van der Waals surface area contributed by atoms with Gasteiger partial charge in [-0.1, -0.05) is 36.4 Å². The molecule has 0 amide bonds. The average Bonchev–Trinajstić information content (AvgIpc) is 2.47. The fourth-order valence-electron chi connectivity index (χ4n) is 1.64. The Bertz CT molecular complexity index is 558. The maximum atomic E-state index is 8.73. The van der Waals surface area contributed by atoms with E-state index in [9.17, 15) is 0 Å². The van der Waals surface area contributed by atoms with Crippen LogP contribution in [0, 0.1) is 17.9 Å². The molecule has 1 unspecified atom stereocenters. The molecule has 2 aromatic rings. The maximum Gasteiger partial charge on any atom is 0.187 e. The Kier molecular flexibility index (Phi) is 3.63. The summed E-state index contributed by atoms with van der Waals surface area (Å²) in [5.74, 6) is 0. The molecule has 0 spiro atoms. The van der Waals surface area contributed by atoms with E-state index in [-0.39, 0.29) is 5.38 Å². The number of nitriles is 1. The normalized spacial score (nSPS) is 11.3. The van der Waals surface area contributed by atoms with Gasteiger partial charge in [-0.15, -0.1) is 11.6 Å². The van der Waals surface area contributed by atoms with E-state index in [1.165, 1.54) is 0 Å². The van der Waals surface area contributed by atoms with Gasteiger partial charge in [-0.2, -0.15) is 5.26 Å². The first-order chi connectivity index (χ1) is 8.74. The lowest BCUT2D eigenvalue weighted by molar-refractivity contribution is 1.14. The van der Waals surface area contributed by atoms with Crippen molar-refractivity contribution in [2.75, 3.05) is 0 Å². The molecule has 0 heterocycles. The van der Waals surface area contributed by atoms with Gasteiger partial charge < -0.3 is 0 Å². The van der Waals surface area contributed by atoms with Crippen LogP contribution in [0.5, 0.6) is 0 Å². The van der Waals surface area contributed by atoms with Gasteiger partial charge in [-0.05, 0) is 23.3 Å². The highest BCUT2D eigenvalue weighted by Gasteiger charge is 2.10. The van der Waals surface area contributed by atoms with Gasteiger partial charge in [-0.25, -0.2) is 4.85 Å². The van der Waals surface area contributed by atoms with Crippen LogP contribution in [-0.4, -0.2) is 0 Å². The fourth-order valence-corrected chi connectivity index (χ4v) is 1.93. The Labute approximate surface area is 111 Å². The molecule has 0 saturated carbocycles. The lowest BCUT2D eigenvalue weighted by Crippen LogP contribution is -1.92. The maximum absolute atomic E-state index is 8.73. The molecular weight excluding hydrogens is 244 g/mol. The summed E-state index contributed by atoms with van der Waals surface area (Å²) in [6.45, 7) is 6.89. The van der Waals surface area contributed by atoms with E-state index >= 15 is 0 Å². The molecule has 3 heteroatoms. The highest BCUT2D eigenvalue weighted by Crippen LogP contribution is 2.29. The number of hydrogen-bond acceptors (Lipinski definition) is 1. The largest absolute Gasteiger partial charge is 0.238 e. The second kappa shape index (κ2) is 5.36. The second-order valence-electron chi connectivity index (χ2n) is 3.80. The van der Waals surface area contributed by atoms with Gasteiger partial charge >= 0.3 is 0 Å². The molecule has 0 bridgehead atoms. The smallest absolute Gasteiger partial charge is 0.187 e. The molecule has 0 saturated heterocycles. The van der Waals surface area contributed by atoms with E-state index in [4.69, 9.17) is 23.4 Å². The number of nitrogens with zero attached hydrogens (tertiary/aromatic N) is 2. The predicted molar refractivity (Wildman–Crippen MR) is 71.6 cm³/mol.